The van der Waals surface area contributed by atoms with Crippen molar-refractivity contribution >= 4 is 34.2 Å². The Hall–Kier alpha value is -3.19. The molecule has 0 aliphatic rings. The van der Waals surface area contributed by atoms with Crippen LogP contribution >= 0.6 is 11.6 Å². The van der Waals surface area contributed by atoms with Crippen molar-refractivity contribution in [3.05, 3.63) is 59.2 Å². The summed E-state index contributed by atoms with van der Waals surface area (Å²) in [5, 5.41) is 4.48. The lowest BCUT2D eigenvalue weighted by molar-refractivity contribution is 0.0951. The number of hydrogen-bond acceptors (Lipinski definition) is 5. The zero-order valence-corrected chi connectivity index (χ0v) is 14.8. The van der Waals surface area contributed by atoms with E-state index in [0.717, 1.165) is 16.9 Å². The molecular weight excluding hydrogens is 354 g/mol. The molecule has 0 aliphatic heterocycles. The smallest absolute Gasteiger partial charge is 0.316 e. The highest BCUT2D eigenvalue weighted by atomic mass is 35.5. The van der Waals surface area contributed by atoms with Gasteiger partial charge in [-0.15, -0.1) is 0 Å². The highest BCUT2D eigenvalue weighted by molar-refractivity contribution is 6.30. The van der Waals surface area contributed by atoms with Crippen LogP contribution in [-0.2, 0) is 0 Å². The van der Waals surface area contributed by atoms with Gasteiger partial charge >= 0.3 is 11.8 Å². The zero-order valence-electron chi connectivity index (χ0n) is 14.0. The van der Waals surface area contributed by atoms with Crippen LogP contribution in [0.5, 0.6) is 0 Å². The fourth-order valence-corrected chi connectivity index (χ4v) is 2.75. The molecule has 0 unspecified atom stereocenters. The summed E-state index contributed by atoms with van der Waals surface area (Å²) < 4.78 is 5.14. The number of fused-ring (bicyclic) bond motifs is 1. The SMILES string of the molecule is Cc1nc2ccc(N(C)C(=O)c3nc(-c4ccc(Cl)cc4)no3)cc2[nH]1. The topological polar surface area (TPSA) is 87.9 Å². The molecule has 130 valence electrons. The number of aromatic amines is 1. The van der Waals surface area contributed by atoms with Crippen molar-refractivity contribution in [2.75, 3.05) is 11.9 Å². The number of rotatable bonds is 3. The van der Waals surface area contributed by atoms with Gasteiger partial charge in [-0.05, 0) is 49.4 Å². The monoisotopic (exact) mass is 367 g/mol. The minimum Gasteiger partial charge on any atom is -0.342 e. The third-order valence-electron chi connectivity index (χ3n) is 3.99. The number of nitrogens with zero attached hydrogens (tertiary/aromatic N) is 4. The highest BCUT2D eigenvalue weighted by Gasteiger charge is 2.21. The fourth-order valence-electron chi connectivity index (χ4n) is 2.62. The van der Waals surface area contributed by atoms with Crippen LogP contribution in [0.2, 0.25) is 5.02 Å². The summed E-state index contributed by atoms with van der Waals surface area (Å²) in [5.41, 5.74) is 3.11. The molecule has 4 rings (SSSR count). The number of halogens is 1. The standard InChI is InChI=1S/C18H14ClN5O2/c1-10-20-14-8-7-13(9-15(14)21-10)24(2)18(25)17-22-16(23-26-17)11-3-5-12(19)6-4-11/h3-9H,1-2H3,(H,20,21). The molecule has 0 aliphatic carbocycles. The van der Waals surface area contributed by atoms with E-state index in [0.29, 0.717) is 22.1 Å². The summed E-state index contributed by atoms with van der Waals surface area (Å²) in [6, 6.07) is 12.5. The second-order valence-corrected chi connectivity index (χ2v) is 6.25. The lowest BCUT2D eigenvalue weighted by Gasteiger charge is -2.14. The first-order valence-electron chi connectivity index (χ1n) is 7.85. The second-order valence-electron chi connectivity index (χ2n) is 5.82. The number of carbonyl (C=O) groups is 1. The van der Waals surface area contributed by atoms with Crippen molar-refractivity contribution in [2.45, 2.75) is 6.92 Å². The van der Waals surface area contributed by atoms with Crippen LogP contribution in [0.3, 0.4) is 0 Å². The number of benzene rings is 2. The van der Waals surface area contributed by atoms with E-state index in [2.05, 4.69) is 20.1 Å². The maximum atomic E-state index is 12.7. The van der Waals surface area contributed by atoms with Crippen molar-refractivity contribution in [3.8, 4) is 11.4 Å². The van der Waals surface area contributed by atoms with Crippen LogP contribution in [0.1, 0.15) is 16.5 Å². The number of carbonyl (C=O) groups excluding carboxylic acids is 1. The molecule has 1 amide bonds. The van der Waals surface area contributed by atoms with Gasteiger partial charge in [-0.2, -0.15) is 4.98 Å². The molecule has 4 aromatic rings. The third-order valence-corrected chi connectivity index (χ3v) is 4.24. The van der Waals surface area contributed by atoms with E-state index in [1.54, 1.807) is 31.3 Å². The van der Waals surface area contributed by atoms with Crippen molar-refractivity contribution in [2.24, 2.45) is 0 Å². The number of imidazole rings is 1. The first-order chi connectivity index (χ1) is 12.5. The molecule has 0 saturated heterocycles. The normalized spacial score (nSPS) is 11.0. The van der Waals surface area contributed by atoms with Gasteiger partial charge in [0.05, 0.1) is 11.0 Å². The van der Waals surface area contributed by atoms with Crippen LogP contribution in [0.15, 0.2) is 47.0 Å². The Balaban J connectivity index is 1.60. The quantitative estimate of drug-likeness (QED) is 0.594. The summed E-state index contributed by atoms with van der Waals surface area (Å²) in [7, 11) is 1.65. The minimum atomic E-state index is -0.395. The van der Waals surface area contributed by atoms with Gasteiger partial charge < -0.3 is 14.4 Å². The number of H-pyrrole nitrogens is 1. The van der Waals surface area contributed by atoms with Crippen LogP contribution < -0.4 is 4.90 Å². The average molecular weight is 368 g/mol. The van der Waals surface area contributed by atoms with Crippen LogP contribution in [-0.4, -0.2) is 33.1 Å². The van der Waals surface area contributed by atoms with Gasteiger partial charge in [-0.1, -0.05) is 16.8 Å². The summed E-state index contributed by atoms with van der Waals surface area (Å²) in [6.07, 6.45) is 0. The van der Waals surface area contributed by atoms with Gasteiger partial charge in [0, 0.05) is 23.3 Å². The Morgan fingerprint density at radius 3 is 2.69 bits per heavy atom. The molecule has 2 heterocycles. The Morgan fingerprint density at radius 2 is 1.92 bits per heavy atom. The van der Waals surface area contributed by atoms with E-state index in [9.17, 15) is 4.79 Å². The fraction of sp³-hybridized carbons (Fsp3) is 0.111. The van der Waals surface area contributed by atoms with Crippen molar-refractivity contribution in [3.63, 3.8) is 0 Å². The highest BCUT2D eigenvalue weighted by Crippen LogP contribution is 2.22. The summed E-state index contributed by atoms with van der Waals surface area (Å²) in [4.78, 5) is 25.8. The van der Waals surface area contributed by atoms with Gasteiger partial charge in [0.15, 0.2) is 0 Å². The number of amides is 1. The van der Waals surface area contributed by atoms with Gasteiger partial charge in [0.2, 0.25) is 5.82 Å². The molecule has 0 bridgehead atoms. The maximum Gasteiger partial charge on any atom is 0.316 e. The molecule has 0 radical (unpaired) electrons. The number of aryl methyl sites for hydroxylation is 1. The maximum absolute atomic E-state index is 12.7. The van der Waals surface area contributed by atoms with Gasteiger partial charge in [0.1, 0.15) is 5.82 Å². The lowest BCUT2D eigenvalue weighted by atomic mass is 10.2. The van der Waals surface area contributed by atoms with Crippen LogP contribution in [0, 0.1) is 6.92 Å². The Morgan fingerprint density at radius 1 is 1.15 bits per heavy atom. The number of nitrogens with one attached hydrogen (secondary N) is 1. The molecule has 0 spiro atoms. The molecule has 7 nitrogen and oxygen atoms in total. The molecule has 0 atom stereocenters. The van der Waals surface area contributed by atoms with E-state index >= 15 is 0 Å². The molecule has 2 aromatic carbocycles. The largest absolute Gasteiger partial charge is 0.342 e. The van der Waals surface area contributed by atoms with Gasteiger partial charge in [0.25, 0.3) is 0 Å². The summed E-state index contributed by atoms with van der Waals surface area (Å²) >= 11 is 5.88. The third kappa shape index (κ3) is 2.93. The number of aromatic nitrogens is 4. The molecule has 1 N–H and O–H groups in total. The van der Waals surface area contributed by atoms with Gasteiger partial charge in [-0.3, -0.25) is 4.79 Å². The first-order valence-corrected chi connectivity index (χ1v) is 8.23. The summed E-state index contributed by atoms with van der Waals surface area (Å²) in [5.74, 6) is 0.667. The predicted molar refractivity (Wildman–Crippen MR) is 98.3 cm³/mol. The Bertz CT molecular complexity index is 1100. The summed E-state index contributed by atoms with van der Waals surface area (Å²) in [6.45, 7) is 1.88. The first kappa shape index (κ1) is 16.3. The van der Waals surface area contributed by atoms with E-state index in [1.807, 2.05) is 25.1 Å². The minimum absolute atomic E-state index is 0.0849. The second kappa shape index (κ2) is 6.27. The van der Waals surface area contributed by atoms with Crippen molar-refractivity contribution < 1.29 is 9.32 Å². The Labute approximate surface area is 153 Å². The van der Waals surface area contributed by atoms with E-state index < -0.39 is 5.91 Å². The molecule has 8 heteroatoms. The zero-order chi connectivity index (χ0) is 18.3. The van der Waals surface area contributed by atoms with E-state index in [4.69, 9.17) is 16.1 Å². The van der Waals surface area contributed by atoms with Crippen LogP contribution in [0.25, 0.3) is 22.4 Å². The molecular formula is C18H14ClN5O2. The number of anilines is 1. The predicted octanol–water partition coefficient (Wildman–Crippen LogP) is 3.85. The van der Waals surface area contributed by atoms with E-state index in [1.165, 1.54) is 4.90 Å². The molecule has 0 saturated carbocycles. The Kier molecular flexibility index (Phi) is 3.93. The lowest BCUT2D eigenvalue weighted by Crippen LogP contribution is -2.26. The number of hydrogen-bond donors (Lipinski definition) is 1. The molecule has 26 heavy (non-hydrogen) atoms. The van der Waals surface area contributed by atoms with Crippen molar-refractivity contribution in [1.82, 2.24) is 20.1 Å². The van der Waals surface area contributed by atoms with Crippen molar-refractivity contribution in [1.29, 1.82) is 0 Å². The van der Waals surface area contributed by atoms with Crippen LogP contribution in [0.4, 0.5) is 5.69 Å². The van der Waals surface area contributed by atoms with Gasteiger partial charge in [-0.25, -0.2) is 4.98 Å². The molecule has 2 aromatic heterocycles. The van der Waals surface area contributed by atoms with E-state index in [-0.39, 0.29) is 5.89 Å². The average Bonchev–Trinajstić information content (AvgIpc) is 3.26. The molecule has 0 fully saturated rings.